The number of hydrogen-bond donors (Lipinski definition) is 1. The van der Waals surface area contributed by atoms with E-state index < -0.39 is 0 Å². The molecule has 1 aliphatic heterocycles. The van der Waals surface area contributed by atoms with Gasteiger partial charge in [-0.1, -0.05) is 6.92 Å². The fourth-order valence-corrected chi connectivity index (χ4v) is 3.21. The summed E-state index contributed by atoms with van der Waals surface area (Å²) in [7, 11) is 0. The van der Waals surface area contributed by atoms with Crippen LogP contribution in [-0.2, 0) is 19.5 Å². The summed E-state index contributed by atoms with van der Waals surface area (Å²) in [6.45, 7) is 5.53. The van der Waals surface area contributed by atoms with E-state index in [4.69, 9.17) is 4.74 Å². The van der Waals surface area contributed by atoms with Crippen molar-refractivity contribution in [3.05, 3.63) is 40.2 Å². The van der Waals surface area contributed by atoms with Gasteiger partial charge in [-0.05, 0) is 38.3 Å². The van der Waals surface area contributed by atoms with Crippen molar-refractivity contribution in [2.24, 2.45) is 0 Å². The lowest BCUT2D eigenvalue weighted by atomic mass is 10.1. The summed E-state index contributed by atoms with van der Waals surface area (Å²) in [6, 6.07) is 3.41. The number of pyridine rings is 1. The van der Waals surface area contributed by atoms with Crippen molar-refractivity contribution in [3.63, 3.8) is 0 Å². The molecule has 0 fully saturated rings. The van der Waals surface area contributed by atoms with Crippen LogP contribution in [0.3, 0.4) is 0 Å². The molecule has 2 aromatic rings. The van der Waals surface area contributed by atoms with Crippen LogP contribution in [-0.4, -0.2) is 37.9 Å². The molecule has 0 saturated heterocycles. The van der Waals surface area contributed by atoms with Crippen LogP contribution in [0.4, 0.5) is 0 Å². The van der Waals surface area contributed by atoms with Gasteiger partial charge in [0.2, 0.25) is 5.88 Å². The molecular formula is C18H25N5O3. The predicted molar refractivity (Wildman–Crippen MR) is 96.4 cm³/mol. The van der Waals surface area contributed by atoms with Crippen molar-refractivity contribution < 1.29 is 9.53 Å². The summed E-state index contributed by atoms with van der Waals surface area (Å²) in [5.41, 5.74) is 0.376. The number of carbonyl (C=O) groups is 1. The lowest BCUT2D eigenvalue weighted by molar-refractivity contribution is 0.0928. The molecule has 0 aliphatic carbocycles. The molecule has 0 saturated carbocycles. The topological polar surface area (TPSA) is 91.0 Å². The largest absolute Gasteiger partial charge is 0.477 e. The van der Waals surface area contributed by atoms with E-state index in [0.29, 0.717) is 44.0 Å². The number of nitrogens with zero attached hydrogens (tertiary/aromatic N) is 4. The normalized spacial score (nSPS) is 16.6. The molecule has 3 heterocycles. The first kappa shape index (κ1) is 18.2. The molecule has 1 atom stereocenters. The van der Waals surface area contributed by atoms with Gasteiger partial charge in [0.25, 0.3) is 5.91 Å². The Morgan fingerprint density at radius 2 is 2.23 bits per heavy atom. The standard InChI is InChI=1S/C18H25N5O3/c1-3-11-23-18(25)22-12-9-13(7-8-15(22)21-23)20-16(24)14-6-5-10-19-17(14)26-4-2/h5-6,10,13H,3-4,7-9,11-12H2,1-2H3,(H,20,24). The van der Waals surface area contributed by atoms with Crippen molar-refractivity contribution in [2.45, 2.75) is 58.7 Å². The second-order valence-corrected chi connectivity index (χ2v) is 6.36. The van der Waals surface area contributed by atoms with Gasteiger partial charge in [0, 0.05) is 31.7 Å². The highest BCUT2D eigenvalue weighted by Crippen LogP contribution is 2.17. The van der Waals surface area contributed by atoms with Crippen molar-refractivity contribution in [1.29, 1.82) is 0 Å². The van der Waals surface area contributed by atoms with Crippen LogP contribution in [0.25, 0.3) is 0 Å². The molecule has 140 valence electrons. The molecule has 2 aromatic heterocycles. The molecule has 0 spiro atoms. The summed E-state index contributed by atoms with van der Waals surface area (Å²) in [5, 5.41) is 7.48. The predicted octanol–water partition coefficient (Wildman–Crippen LogP) is 1.38. The number of aromatic nitrogens is 4. The van der Waals surface area contributed by atoms with Gasteiger partial charge in [0.15, 0.2) is 0 Å². The second-order valence-electron chi connectivity index (χ2n) is 6.36. The van der Waals surface area contributed by atoms with E-state index in [1.807, 2.05) is 13.8 Å². The van der Waals surface area contributed by atoms with E-state index in [2.05, 4.69) is 15.4 Å². The zero-order chi connectivity index (χ0) is 18.5. The minimum absolute atomic E-state index is 0.0158. The fourth-order valence-electron chi connectivity index (χ4n) is 3.21. The molecule has 1 aliphatic rings. The Hall–Kier alpha value is -2.64. The van der Waals surface area contributed by atoms with Crippen molar-refractivity contribution in [3.8, 4) is 5.88 Å². The molecule has 1 amide bonds. The summed E-state index contributed by atoms with van der Waals surface area (Å²) in [4.78, 5) is 29.1. The monoisotopic (exact) mass is 359 g/mol. The summed E-state index contributed by atoms with van der Waals surface area (Å²) < 4.78 is 8.71. The van der Waals surface area contributed by atoms with Gasteiger partial charge in [0.05, 0.1) is 6.61 Å². The SMILES string of the molecule is CCCn1nc2n(c1=O)CCC(NC(=O)c1cccnc1OCC)CC2. The molecule has 3 rings (SSSR count). The molecule has 1 unspecified atom stereocenters. The molecule has 0 aromatic carbocycles. The Kier molecular flexibility index (Phi) is 5.70. The van der Waals surface area contributed by atoms with Gasteiger partial charge in [-0.3, -0.25) is 9.36 Å². The fraction of sp³-hybridized carbons (Fsp3) is 0.556. The lowest BCUT2D eigenvalue weighted by Crippen LogP contribution is -2.36. The van der Waals surface area contributed by atoms with Crippen LogP contribution in [0.5, 0.6) is 5.88 Å². The minimum atomic E-state index is -0.200. The summed E-state index contributed by atoms with van der Waals surface area (Å²) >= 11 is 0. The molecule has 1 N–H and O–H groups in total. The number of ether oxygens (including phenoxy) is 1. The van der Waals surface area contributed by atoms with Crippen LogP contribution in [0, 0.1) is 0 Å². The number of nitrogens with one attached hydrogen (secondary N) is 1. The van der Waals surface area contributed by atoms with Crippen molar-refractivity contribution in [1.82, 2.24) is 24.6 Å². The first-order chi connectivity index (χ1) is 12.6. The molecule has 8 nitrogen and oxygen atoms in total. The van der Waals surface area contributed by atoms with Crippen LogP contribution in [0.15, 0.2) is 23.1 Å². The van der Waals surface area contributed by atoms with E-state index in [0.717, 1.165) is 18.7 Å². The molecule has 0 radical (unpaired) electrons. The first-order valence-electron chi connectivity index (χ1n) is 9.19. The zero-order valence-corrected chi connectivity index (χ0v) is 15.3. The van der Waals surface area contributed by atoms with E-state index in [1.165, 1.54) is 4.68 Å². The Labute approximate surface area is 152 Å². The maximum atomic E-state index is 12.6. The average molecular weight is 359 g/mol. The first-order valence-corrected chi connectivity index (χ1v) is 9.19. The average Bonchev–Trinajstić information content (AvgIpc) is 2.80. The van der Waals surface area contributed by atoms with Gasteiger partial charge < -0.3 is 10.1 Å². The highest BCUT2D eigenvalue weighted by atomic mass is 16.5. The second kappa shape index (κ2) is 8.16. The number of rotatable bonds is 6. The Balaban J connectivity index is 1.68. The van der Waals surface area contributed by atoms with Crippen LogP contribution >= 0.6 is 0 Å². The van der Waals surface area contributed by atoms with E-state index in [-0.39, 0.29) is 17.6 Å². The smallest absolute Gasteiger partial charge is 0.345 e. The highest BCUT2D eigenvalue weighted by Gasteiger charge is 2.23. The number of hydrogen-bond acceptors (Lipinski definition) is 5. The Morgan fingerprint density at radius 1 is 1.38 bits per heavy atom. The maximum absolute atomic E-state index is 12.6. The summed E-state index contributed by atoms with van der Waals surface area (Å²) in [5.74, 6) is 0.947. The van der Waals surface area contributed by atoms with Crippen molar-refractivity contribution in [2.75, 3.05) is 6.61 Å². The molecule has 8 heteroatoms. The number of carbonyl (C=O) groups excluding carboxylic acids is 1. The Bertz CT molecular complexity index is 826. The lowest BCUT2D eigenvalue weighted by Gasteiger charge is -2.17. The number of aryl methyl sites for hydroxylation is 2. The third kappa shape index (κ3) is 3.79. The van der Waals surface area contributed by atoms with E-state index >= 15 is 0 Å². The molecule has 0 bridgehead atoms. The van der Waals surface area contributed by atoms with Gasteiger partial charge in [-0.25, -0.2) is 14.5 Å². The van der Waals surface area contributed by atoms with Crippen LogP contribution in [0.1, 0.15) is 49.3 Å². The minimum Gasteiger partial charge on any atom is -0.477 e. The van der Waals surface area contributed by atoms with Crippen molar-refractivity contribution >= 4 is 5.91 Å². The third-order valence-corrected chi connectivity index (χ3v) is 4.48. The summed E-state index contributed by atoms with van der Waals surface area (Å²) in [6.07, 6.45) is 4.59. The third-order valence-electron chi connectivity index (χ3n) is 4.48. The van der Waals surface area contributed by atoms with Crippen LogP contribution < -0.4 is 15.7 Å². The quantitative estimate of drug-likeness (QED) is 0.841. The van der Waals surface area contributed by atoms with E-state index in [9.17, 15) is 9.59 Å². The molecular weight excluding hydrogens is 334 g/mol. The number of amides is 1. The highest BCUT2D eigenvalue weighted by molar-refractivity contribution is 5.96. The van der Waals surface area contributed by atoms with Gasteiger partial charge in [0.1, 0.15) is 11.4 Å². The number of fused-ring (bicyclic) bond motifs is 1. The Morgan fingerprint density at radius 3 is 3.00 bits per heavy atom. The van der Waals surface area contributed by atoms with Crippen LogP contribution in [0.2, 0.25) is 0 Å². The molecule has 26 heavy (non-hydrogen) atoms. The van der Waals surface area contributed by atoms with Gasteiger partial charge in [-0.15, -0.1) is 0 Å². The van der Waals surface area contributed by atoms with Gasteiger partial charge in [-0.2, -0.15) is 5.10 Å². The maximum Gasteiger partial charge on any atom is 0.345 e. The van der Waals surface area contributed by atoms with Gasteiger partial charge >= 0.3 is 5.69 Å². The van der Waals surface area contributed by atoms with E-state index in [1.54, 1.807) is 22.9 Å². The zero-order valence-electron chi connectivity index (χ0n) is 15.3.